The summed E-state index contributed by atoms with van der Waals surface area (Å²) in [6, 6.07) is 0. The van der Waals surface area contributed by atoms with Gasteiger partial charge in [-0.2, -0.15) is 35.3 Å². The summed E-state index contributed by atoms with van der Waals surface area (Å²) in [6.45, 7) is 26.2. The first-order valence-corrected chi connectivity index (χ1v) is 55.9. The first-order chi connectivity index (χ1) is 64.8. The van der Waals surface area contributed by atoms with Gasteiger partial charge in [-0.3, -0.25) is 57.5 Å². The first-order valence-electron chi connectivity index (χ1n) is 52.4. The quantitative estimate of drug-likeness (QED) is 0.0310. The predicted molar refractivity (Wildman–Crippen MR) is 537 cm³/mol. The number of rotatable bonds is 97. The van der Waals surface area contributed by atoms with Gasteiger partial charge in [0.05, 0.1) is 74.0 Å². The molecule has 0 heterocycles. The van der Waals surface area contributed by atoms with Crippen molar-refractivity contribution < 1.29 is 114 Å². The minimum atomic E-state index is -0.520. The van der Waals surface area contributed by atoms with E-state index in [2.05, 4.69) is 30.6 Å². The Bertz CT molecular complexity index is 2960. The molecule has 0 fully saturated rings. The molecule has 0 aromatic heterocycles. The summed E-state index contributed by atoms with van der Waals surface area (Å²) in [6.07, 6.45) is 41.9. The summed E-state index contributed by atoms with van der Waals surface area (Å²) >= 11 is 5.25. The fourth-order valence-electron chi connectivity index (χ4n) is 14.2. The highest BCUT2D eigenvalue weighted by atomic mass is 32.2. The molecule has 134 heavy (non-hydrogen) atoms. The average Bonchev–Trinajstić information content (AvgIpc) is 0.934. The van der Waals surface area contributed by atoms with E-state index in [1.165, 1.54) is 173 Å². The van der Waals surface area contributed by atoms with Crippen LogP contribution in [0.3, 0.4) is 0 Å². The fraction of sp³-hybridized carbons (Fsp3) is 0.883. The van der Waals surface area contributed by atoms with Crippen molar-refractivity contribution in [1.82, 2.24) is 19.6 Å². The summed E-state index contributed by atoms with van der Waals surface area (Å²) in [5.74, 6) is -2.20. The third-order valence-corrected chi connectivity index (χ3v) is 27.7. The molecule has 31 heteroatoms. The Morgan fingerprint density at radius 3 is 0.530 bits per heavy atom. The van der Waals surface area contributed by atoms with Gasteiger partial charge in [0, 0.05) is 56.5 Å². The molecule has 0 bridgehead atoms. The van der Waals surface area contributed by atoms with Crippen LogP contribution in [0.2, 0.25) is 0 Å². The number of carbonyl (C=O) groups is 12. The molecule has 6 unspecified atom stereocenters. The molecule has 0 N–H and O–H groups in total. The predicted octanol–water partition coefficient (Wildman–Crippen LogP) is 19.6. The van der Waals surface area contributed by atoms with Crippen LogP contribution in [0, 0.1) is 35.5 Å². The molecule has 0 aliphatic heterocycles. The van der Waals surface area contributed by atoms with Gasteiger partial charge >= 0.3 is 71.6 Å². The van der Waals surface area contributed by atoms with Crippen LogP contribution >= 0.6 is 35.3 Å². The van der Waals surface area contributed by atoms with E-state index in [-0.39, 0.29) is 215 Å². The number of carbonyl (C=O) groups excluding carboxylic acids is 12. The molecule has 0 radical (unpaired) electrons. The van der Waals surface area contributed by atoms with Gasteiger partial charge in [0.2, 0.25) is 0 Å². The van der Waals surface area contributed by atoms with Crippen molar-refractivity contribution in [2.75, 3.05) is 192 Å². The summed E-state index contributed by atoms with van der Waals surface area (Å²) < 4.78 is 65.7. The zero-order chi connectivity index (χ0) is 98.9. The van der Waals surface area contributed by atoms with E-state index in [9.17, 15) is 57.5 Å². The highest BCUT2D eigenvalue weighted by molar-refractivity contribution is 7.99. The van der Waals surface area contributed by atoms with Crippen LogP contribution < -0.4 is 0 Å². The number of ether oxygens (including phenoxy) is 12. The summed E-state index contributed by atoms with van der Waals surface area (Å²) in [4.78, 5) is 164. The van der Waals surface area contributed by atoms with Crippen LogP contribution in [-0.2, 0) is 114 Å². The van der Waals surface area contributed by atoms with Crippen molar-refractivity contribution in [1.29, 1.82) is 0 Å². The fourth-order valence-corrected chi connectivity index (χ4v) is 17.4. The first kappa shape index (κ1) is 129. The molecule has 0 saturated heterocycles. The molecule has 0 spiro atoms. The molecule has 0 saturated carbocycles. The number of esters is 12. The number of thioether (sulfide) groups is 3. The van der Waals surface area contributed by atoms with Gasteiger partial charge in [0.15, 0.2) is 0 Å². The van der Waals surface area contributed by atoms with Crippen LogP contribution in [0.25, 0.3) is 0 Å². The van der Waals surface area contributed by atoms with Crippen molar-refractivity contribution in [3.8, 4) is 0 Å². The van der Waals surface area contributed by atoms with Gasteiger partial charge in [-0.25, -0.2) is 0 Å². The lowest BCUT2D eigenvalue weighted by Crippen LogP contribution is -2.36. The Morgan fingerprint density at radius 1 is 0.187 bits per heavy atom. The van der Waals surface area contributed by atoms with Crippen molar-refractivity contribution >= 4 is 107 Å². The summed E-state index contributed by atoms with van der Waals surface area (Å²) in [5.41, 5.74) is 0. The SMILES string of the molecule is CCCCCCCCCCCCSCC(C)C(=O)OCCOC(=O)CCN(CCCCN(CCCN(CCC(=O)OCCOC(=O)C(C)CC)CCC(=O)OCCOC(=O)C(C)CSCCCCCCCCCCCC)CCC(=O)OCCOC(=O)C(C)CC)CCCN(CCC(=O)OCCOC(=O)C(C)CC)CCC(=O)OCCOC(=O)C(C)CSCCCCCCCCCCCC. The van der Waals surface area contributed by atoms with Crippen LogP contribution in [0.1, 0.15) is 359 Å². The normalized spacial score (nSPS) is 12.8. The van der Waals surface area contributed by atoms with Gasteiger partial charge in [-0.05, 0) is 121 Å². The Labute approximate surface area is 823 Å². The van der Waals surface area contributed by atoms with Gasteiger partial charge in [-0.15, -0.1) is 0 Å². The average molecular weight is 1960 g/mol. The molecule has 0 aliphatic carbocycles. The molecular weight excluding hydrogens is 1770 g/mol. The largest absolute Gasteiger partial charge is 0.462 e. The molecule has 0 aromatic rings. The molecule has 0 aromatic carbocycles. The van der Waals surface area contributed by atoms with Gasteiger partial charge < -0.3 is 76.4 Å². The van der Waals surface area contributed by atoms with Crippen molar-refractivity contribution in [3.05, 3.63) is 0 Å². The summed E-state index contributed by atoms with van der Waals surface area (Å²) in [5, 5.41) is 0. The third kappa shape index (κ3) is 80.3. The highest BCUT2D eigenvalue weighted by Crippen LogP contribution is 2.21. The molecule has 0 aliphatic rings. The minimum Gasteiger partial charge on any atom is -0.462 e. The lowest BCUT2D eigenvalue weighted by atomic mass is 10.1. The maximum atomic E-state index is 13.6. The van der Waals surface area contributed by atoms with Crippen LogP contribution in [-0.4, -0.2) is 284 Å². The van der Waals surface area contributed by atoms with Crippen molar-refractivity contribution in [2.24, 2.45) is 35.5 Å². The second-order valence-electron chi connectivity index (χ2n) is 36.0. The second-order valence-corrected chi connectivity index (χ2v) is 39.5. The Kier molecular flexibility index (Phi) is 88.8. The van der Waals surface area contributed by atoms with E-state index >= 15 is 0 Å². The zero-order valence-electron chi connectivity index (χ0n) is 85.9. The van der Waals surface area contributed by atoms with Crippen LogP contribution in [0.5, 0.6) is 0 Å². The lowest BCUT2D eigenvalue weighted by molar-refractivity contribution is -0.155. The molecule has 782 valence electrons. The topological polar surface area (TPSA) is 329 Å². The van der Waals surface area contributed by atoms with Crippen molar-refractivity contribution in [3.63, 3.8) is 0 Å². The molecular formula is C103H188N4O24S3. The monoisotopic (exact) mass is 1960 g/mol. The van der Waals surface area contributed by atoms with E-state index in [1.807, 2.05) is 51.3 Å². The van der Waals surface area contributed by atoms with E-state index in [1.54, 1.807) is 56.1 Å². The van der Waals surface area contributed by atoms with E-state index < -0.39 is 35.8 Å². The number of hydrogen-bond acceptors (Lipinski definition) is 31. The van der Waals surface area contributed by atoms with Crippen LogP contribution in [0.4, 0.5) is 0 Å². The number of unbranched alkanes of at least 4 members (excludes halogenated alkanes) is 28. The van der Waals surface area contributed by atoms with Gasteiger partial charge in [0.1, 0.15) is 79.3 Å². The molecule has 6 atom stereocenters. The Balaban J connectivity index is 6.69. The van der Waals surface area contributed by atoms with Crippen LogP contribution in [0.15, 0.2) is 0 Å². The number of nitrogens with zero attached hydrogens (tertiary/aromatic N) is 4. The molecule has 0 amide bonds. The maximum absolute atomic E-state index is 13.6. The Hall–Kier alpha value is -5.47. The zero-order valence-corrected chi connectivity index (χ0v) is 88.3. The van der Waals surface area contributed by atoms with E-state index in [0.717, 1.165) is 36.5 Å². The smallest absolute Gasteiger partial charge is 0.309 e. The maximum Gasteiger partial charge on any atom is 0.309 e. The van der Waals surface area contributed by atoms with E-state index in [4.69, 9.17) is 56.8 Å². The van der Waals surface area contributed by atoms with Crippen molar-refractivity contribution in [2.45, 2.75) is 359 Å². The minimum absolute atomic E-state index is 0.0124. The Morgan fingerprint density at radius 2 is 0.343 bits per heavy atom. The highest BCUT2D eigenvalue weighted by Gasteiger charge is 2.24. The van der Waals surface area contributed by atoms with Gasteiger partial charge in [0.25, 0.3) is 0 Å². The van der Waals surface area contributed by atoms with Gasteiger partial charge in [-0.1, -0.05) is 256 Å². The third-order valence-electron chi connectivity index (χ3n) is 23.7. The summed E-state index contributed by atoms with van der Waals surface area (Å²) in [7, 11) is 0. The lowest BCUT2D eigenvalue weighted by Gasteiger charge is -2.27. The molecule has 28 nitrogen and oxygen atoms in total. The standard InChI is InChI=1S/C103H188N4O24S3/c1-13-19-22-25-28-31-34-37-40-45-80-132-83-89(10)101(117)129-77-71-123-93(109)51-63-105(59-49-61-107(65-53-95(111)122-70-76-128-100(116)88(9)18-6)67-55-97(113)125-73-79-131-103(119)91(12)85-134-82-47-42-39-36-33-30-27-24-21-15-3)57-44-43-56-104(62-50-92(108)120-68-74-126-98(114)86(7)16-4)58-48-60-106(64-52-94(110)121-69-75-127-99(115)87(8)17-5)66-54-96(112)124-72-78-130-102(118)90(11)84-133-81-46-41-38-35-32-29-26-23-20-14-2/h86-91H,13-85H2,1-12H3. The molecule has 0 rings (SSSR count). The van der Waals surface area contributed by atoms with E-state index in [0.29, 0.717) is 115 Å². The number of hydrogen-bond donors (Lipinski definition) is 0. The second kappa shape index (κ2) is 92.5.